The third-order valence-electron chi connectivity index (χ3n) is 5.51. The van der Waals surface area contributed by atoms with Gasteiger partial charge < -0.3 is 24.5 Å². The van der Waals surface area contributed by atoms with E-state index >= 15 is 0 Å². The van der Waals surface area contributed by atoms with Gasteiger partial charge in [0.25, 0.3) is 5.56 Å². The summed E-state index contributed by atoms with van der Waals surface area (Å²) in [6.07, 6.45) is 0.103. The van der Waals surface area contributed by atoms with Gasteiger partial charge in [-0.3, -0.25) is 9.59 Å². The molecule has 8 nitrogen and oxygen atoms in total. The minimum Gasteiger partial charge on any atom is -0.493 e. The molecule has 0 fully saturated rings. The van der Waals surface area contributed by atoms with Gasteiger partial charge in [-0.1, -0.05) is 41.6 Å². The first kappa shape index (κ1) is 22.7. The number of nitrogens with one attached hydrogen (secondary N) is 2. The number of carbonyl (C=O) groups is 1. The number of fused-ring (bicyclic) bond motifs is 1. The first-order valence-corrected chi connectivity index (χ1v) is 11.3. The molecule has 0 bridgehead atoms. The number of ether oxygens (including phenoxy) is 3. The van der Waals surface area contributed by atoms with Crippen LogP contribution in [0, 0.1) is 6.92 Å². The zero-order valence-corrected chi connectivity index (χ0v) is 19.7. The van der Waals surface area contributed by atoms with Crippen molar-refractivity contribution in [2.75, 3.05) is 26.6 Å². The van der Waals surface area contributed by atoms with Gasteiger partial charge in [0.2, 0.25) is 11.7 Å². The van der Waals surface area contributed by atoms with E-state index in [1.807, 2.05) is 31.2 Å². The standard InChI is InChI=1S/C24H25N3O5S/c1-13-5-7-14(8-6-13)12-33-24-26-22-20(23(29)27-24)16(11-19(28)25-22)15-9-17(30-2)21(32-4)18(10-15)31-3/h5-10,16H,11-12H2,1-4H3,(H2,25,26,27,28,29). The number of H-pyrrole nitrogens is 1. The minimum atomic E-state index is -0.505. The van der Waals surface area contributed by atoms with Crippen molar-refractivity contribution in [1.82, 2.24) is 9.97 Å². The number of aryl methyl sites for hydroxylation is 1. The van der Waals surface area contributed by atoms with Crippen molar-refractivity contribution in [1.29, 1.82) is 0 Å². The molecule has 1 atom stereocenters. The van der Waals surface area contributed by atoms with E-state index in [-0.39, 0.29) is 23.7 Å². The van der Waals surface area contributed by atoms with Crippen LogP contribution in [-0.4, -0.2) is 37.2 Å². The Bertz CT molecular complexity index is 1210. The molecule has 0 spiro atoms. The van der Waals surface area contributed by atoms with Crippen molar-refractivity contribution in [2.45, 2.75) is 30.2 Å². The third-order valence-corrected chi connectivity index (χ3v) is 6.46. The molecule has 2 heterocycles. The second-order valence-corrected chi connectivity index (χ2v) is 8.64. The lowest BCUT2D eigenvalue weighted by molar-refractivity contribution is -0.116. The molecule has 1 aliphatic rings. The Kier molecular flexibility index (Phi) is 6.60. The van der Waals surface area contributed by atoms with Crippen LogP contribution in [0.5, 0.6) is 17.2 Å². The van der Waals surface area contributed by atoms with Crippen LogP contribution in [0.1, 0.15) is 34.6 Å². The fraction of sp³-hybridized carbons (Fsp3) is 0.292. The summed E-state index contributed by atoms with van der Waals surface area (Å²) in [4.78, 5) is 33.0. The molecule has 0 aliphatic carbocycles. The van der Waals surface area contributed by atoms with E-state index in [9.17, 15) is 9.59 Å². The van der Waals surface area contributed by atoms with Gasteiger partial charge in [0.15, 0.2) is 16.7 Å². The molecule has 2 N–H and O–H groups in total. The normalized spacial score (nSPS) is 14.9. The molecular weight excluding hydrogens is 442 g/mol. The van der Waals surface area contributed by atoms with Crippen LogP contribution in [0.25, 0.3) is 0 Å². The number of hydrogen-bond donors (Lipinski definition) is 2. The maximum absolute atomic E-state index is 13.1. The van der Waals surface area contributed by atoms with Crippen LogP contribution in [0.3, 0.4) is 0 Å². The van der Waals surface area contributed by atoms with Gasteiger partial charge in [0.05, 0.1) is 26.9 Å². The van der Waals surface area contributed by atoms with E-state index < -0.39 is 5.92 Å². The average Bonchev–Trinajstić information content (AvgIpc) is 2.81. The lowest BCUT2D eigenvalue weighted by Crippen LogP contribution is -2.31. The number of nitrogens with zero attached hydrogens (tertiary/aromatic N) is 1. The molecule has 0 saturated heterocycles. The van der Waals surface area contributed by atoms with E-state index in [1.54, 1.807) is 12.1 Å². The number of amides is 1. The van der Waals surface area contributed by atoms with E-state index in [4.69, 9.17) is 14.2 Å². The highest BCUT2D eigenvalue weighted by atomic mass is 32.2. The van der Waals surface area contributed by atoms with Crippen LogP contribution < -0.4 is 25.1 Å². The summed E-state index contributed by atoms with van der Waals surface area (Å²) in [5, 5.41) is 3.20. The molecule has 0 radical (unpaired) electrons. The van der Waals surface area contributed by atoms with Crippen molar-refractivity contribution in [2.24, 2.45) is 0 Å². The molecule has 9 heteroatoms. The molecule has 4 rings (SSSR count). The number of methoxy groups -OCH3 is 3. The summed E-state index contributed by atoms with van der Waals surface area (Å²) in [5.41, 5.74) is 3.12. The predicted octanol–water partition coefficient (Wildman–Crippen LogP) is 3.87. The summed E-state index contributed by atoms with van der Waals surface area (Å²) in [6.45, 7) is 2.03. The molecule has 1 amide bonds. The lowest BCUT2D eigenvalue weighted by atomic mass is 9.86. The number of aromatic amines is 1. The zero-order valence-electron chi connectivity index (χ0n) is 18.9. The molecule has 33 heavy (non-hydrogen) atoms. The van der Waals surface area contributed by atoms with Crippen molar-refractivity contribution >= 4 is 23.5 Å². The fourth-order valence-electron chi connectivity index (χ4n) is 3.84. The number of carbonyl (C=O) groups excluding carboxylic acids is 1. The number of hydrogen-bond acceptors (Lipinski definition) is 7. The van der Waals surface area contributed by atoms with Gasteiger partial charge in [-0.25, -0.2) is 4.98 Å². The Hall–Kier alpha value is -3.46. The maximum atomic E-state index is 13.1. The summed E-state index contributed by atoms with van der Waals surface area (Å²) in [5.74, 6) is 1.55. The van der Waals surface area contributed by atoms with Crippen molar-refractivity contribution in [3.8, 4) is 17.2 Å². The molecule has 1 unspecified atom stereocenters. The highest BCUT2D eigenvalue weighted by molar-refractivity contribution is 7.98. The molecule has 172 valence electrons. The number of benzene rings is 2. The van der Waals surface area contributed by atoms with E-state index in [0.29, 0.717) is 39.3 Å². The highest BCUT2D eigenvalue weighted by Gasteiger charge is 2.32. The summed E-state index contributed by atoms with van der Waals surface area (Å²) < 4.78 is 16.3. The van der Waals surface area contributed by atoms with Gasteiger partial charge in [0.1, 0.15) is 5.82 Å². The summed E-state index contributed by atoms with van der Waals surface area (Å²) in [7, 11) is 4.57. The van der Waals surface area contributed by atoms with Crippen LogP contribution in [0.15, 0.2) is 46.3 Å². The molecular formula is C24H25N3O5S. The van der Waals surface area contributed by atoms with Crippen molar-refractivity contribution in [3.05, 3.63) is 69.0 Å². The Morgan fingerprint density at radius 1 is 1.03 bits per heavy atom. The van der Waals surface area contributed by atoms with Gasteiger partial charge >= 0.3 is 0 Å². The van der Waals surface area contributed by atoms with Gasteiger partial charge in [-0.2, -0.15) is 0 Å². The van der Waals surface area contributed by atoms with Crippen molar-refractivity contribution in [3.63, 3.8) is 0 Å². The highest BCUT2D eigenvalue weighted by Crippen LogP contribution is 2.43. The number of anilines is 1. The van der Waals surface area contributed by atoms with E-state index in [2.05, 4.69) is 15.3 Å². The molecule has 0 saturated carbocycles. The first-order valence-electron chi connectivity index (χ1n) is 10.4. The first-order chi connectivity index (χ1) is 15.9. The lowest BCUT2D eigenvalue weighted by Gasteiger charge is -2.25. The quantitative estimate of drug-likeness (QED) is 0.402. The Labute approximate surface area is 195 Å². The largest absolute Gasteiger partial charge is 0.493 e. The minimum absolute atomic E-state index is 0.103. The fourth-order valence-corrected chi connectivity index (χ4v) is 4.66. The number of aromatic nitrogens is 2. The monoisotopic (exact) mass is 467 g/mol. The second kappa shape index (κ2) is 9.58. The van der Waals surface area contributed by atoms with Crippen LogP contribution in [-0.2, 0) is 10.5 Å². The van der Waals surface area contributed by atoms with Crippen LogP contribution in [0.4, 0.5) is 5.82 Å². The molecule has 1 aromatic heterocycles. The van der Waals surface area contributed by atoms with Gasteiger partial charge in [0, 0.05) is 18.1 Å². The topological polar surface area (TPSA) is 103 Å². The van der Waals surface area contributed by atoms with E-state index in [1.165, 1.54) is 38.7 Å². The van der Waals surface area contributed by atoms with Crippen molar-refractivity contribution < 1.29 is 19.0 Å². The summed E-state index contributed by atoms with van der Waals surface area (Å²) >= 11 is 1.41. The molecule has 2 aromatic carbocycles. The van der Waals surface area contributed by atoms with Crippen LogP contribution >= 0.6 is 11.8 Å². The smallest absolute Gasteiger partial charge is 0.257 e. The predicted molar refractivity (Wildman–Crippen MR) is 127 cm³/mol. The number of thioether (sulfide) groups is 1. The third kappa shape index (κ3) is 4.68. The number of rotatable bonds is 7. The van der Waals surface area contributed by atoms with Crippen LogP contribution in [0.2, 0.25) is 0 Å². The molecule has 3 aromatic rings. The summed E-state index contributed by atoms with van der Waals surface area (Å²) in [6, 6.07) is 11.7. The van der Waals surface area contributed by atoms with Gasteiger partial charge in [-0.15, -0.1) is 0 Å². The second-order valence-electron chi connectivity index (χ2n) is 7.67. The zero-order chi connectivity index (χ0) is 23.5. The van der Waals surface area contributed by atoms with E-state index in [0.717, 1.165) is 5.56 Å². The molecule has 1 aliphatic heterocycles. The average molecular weight is 468 g/mol. The maximum Gasteiger partial charge on any atom is 0.257 e. The SMILES string of the molecule is COc1cc(C2CC(=O)Nc3nc(SCc4ccc(C)cc4)[nH]c(=O)c32)cc(OC)c1OC. The Balaban J connectivity index is 1.70. The Morgan fingerprint density at radius 3 is 2.30 bits per heavy atom. The Morgan fingerprint density at radius 2 is 1.70 bits per heavy atom. The van der Waals surface area contributed by atoms with Gasteiger partial charge in [-0.05, 0) is 30.2 Å².